The SMILES string of the molecule is CC(C)(C)c1ccc(-c2nnc(SCC3CCCCC3)o2)cc1. The molecule has 1 aromatic carbocycles. The van der Waals surface area contributed by atoms with E-state index < -0.39 is 0 Å². The Morgan fingerprint density at radius 2 is 1.74 bits per heavy atom. The Balaban J connectivity index is 1.62. The maximum absolute atomic E-state index is 5.83. The van der Waals surface area contributed by atoms with E-state index >= 15 is 0 Å². The van der Waals surface area contributed by atoms with Gasteiger partial charge in [0.1, 0.15) is 0 Å². The summed E-state index contributed by atoms with van der Waals surface area (Å²) in [5.74, 6) is 2.54. The first-order valence-corrected chi connectivity index (χ1v) is 9.58. The van der Waals surface area contributed by atoms with E-state index in [1.807, 2.05) is 0 Å². The lowest BCUT2D eigenvalue weighted by Gasteiger charge is -2.19. The Hall–Kier alpha value is -1.29. The molecule has 0 spiro atoms. The van der Waals surface area contributed by atoms with Gasteiger partial charge < -0.3 is 4.42 Å². The van der Waals surface area contributed by atoms with Crippen LogP contribution in [0.2, 0.25) is 0 Å². The summed E-state index contributed by atoms with van der Waals surface area (Å²) in [6, 6.07) is 8.44. The van der Waals surface area contributed by atoms with Crippen molar-refractivity contribution in [3.63, 3.8) is 0 Å². The van der Waals surface area contributed by atoms with Gasteiger partial charge in [0.15, 0.2) is 0 Å². The predicted molar refractivity (Wildman–Crippen MR) is 95.7 cm³/mol. The van der Waals surface area contributed by atoms with Crippen LogP contribution >= 0.6 is 11.8 Å². The lowest BCUT2D eigenvalue weighted by molar-refractivity contribution is 0.389. The van der Waals surface area contributed by atoms with Crippen molar-refractivity contribution in [1.82, 2.24) is 10.2 Å². The molecule has 124 valence electrons. The molecule has 0 saturated heterocycles. The fourth-order valence-electron chi connectivity index (χ4n) is 3.04. The van der Waals surface area contributed by atoms with Crippen LogP contribution in [0.3, 0.4) is 0 Å². The van der Waals surface area contributed by atoms with Crippen molar-refractivity contribution >= 4 is 11.8 Å². The summed E-state index contributed by atoms with van der Waals surface area (Å²) in [7, 11) is 0. The maximum atomic E-state index is 5.83. The summed E-state index contributed by atoms with van der Waals surface area (Å²) >= 11 is 1.71. The van der Waals surface area contributed by atoms with E-state index in [9.17, 15) is 0 Å². The monoisotopic (exact) mass is 330 g/mol. The van der Waals surface area contributed by atoms with Crippen LogP contribution in [-0.4, -0.2) is 16.0 Å². The highest BCUT2D eigenvalue weighted by Gasteiger charge is 2.17. The van der Waals surface area contributed by atoms with Crippen molar-refractivity contribution in [2.75, 3.05) is 5.75 Å². The van der Waals surface area contributed by atoms with Crippen LogP contribution in [0.1, 0.15) is 58.4 Å². The lowest BCUT2D eigenvalue weighted by atomic mass is 9.87. The van der Waals surface area contributed by atoms with Crippen LogP contribution < -0.4 is 0 Å². The maximum Gasteiger partial charge on any atom is 0.276 e. The van der Waals surface area contributed by atoms with E-state index in [4.69, 9.17) is 4.42 Å². The number of hydrogen-bond donors (Lipinski definition) is 0. The molecule has 1 saturated carbocycles. The third kappa shape index (κ3) is 4.37. The topological polar surface area (TPSA) is 38.9 Å². The summed E-state index contributed by atoms with van der Waals surface area (Å²) in [6.07, 6.45) is 6.85. The van der Waals surface area contributed by atoms with Crippen molar-refractivity contribution in [3.8, 4) is 11.5 Å². The second-order valence-electron chi connectivity index (χ2n) is 7.52. The van der Waals surface area contributed by atoms with Crippen molar-refractivity contribution in [2.24, 2.45) is 5.92 Å². The molecule has 0 radical (unpaired) electrons. The minimum atomic E-state index is 0.161. The van der Waals surface area contributed by atoms with Crippen molar-refractivity contribution in [3.05, 3.63) is 29.8 Å². The van der Waals surface area contributed by atoms with Gasteiger partial charge in [-0.2, -0.15) is 0 Å². The normalized spacial score (nSPS) is 16.7. The van der Waals surface area contributed by atoms with Gasteiger partial charge in [0.2, 0.25) is 5.89 Å². The van der Waals surface area contributed by atoms with Crippen LogP contribution in [0.5, 0.6) is 0 Å². The van der Waals surface area contributed by atoms with Gasteiger partial charge in [0, 0.05) is 11.3 Å². The molecule has 1 aliphatic carbocycles. The summed E-state index contributed by atoms with van der Waals surface area (Å²) in [5.41, 5.74) is 2.47. The second kappa shape index (κ2) is 7.08. The smallest absolute Gasteiger partial charge is 0.276 e. The molecule has 0 bridgehead atoms. The Bertz CT molecular complexity index is 622. The van der Waals surface area contributed by atoms with E-state index in [1.54, 1.807) is 11.8 Å². The van der Waals surface area contributed by atoms with E-state index in [2.05, 4.69) is 55.2 Å². The average Bonchev–Trinajstić information content (AvgIpc) is 3.02. The fourth-order valence-corrected chi connectivity index (χ4v) is 3.99. The Morgan fingerprint density at radius 3 is 2.39 bits per heavy atom. The quantitative estimate of drug-likeness (QED) is 0.673. The molecule has 1 fully saturated rings. The Labute approximate surface area is 143 Å². The molecule has 1 aromatic heterocycles. The number of rotatable bonds is 4. The highest BCUT2D eigenvalue weighted by atomic mass is 32.2. The molecule has 23 heavy (non-hydrogen) atoms. The van der Waals surface area contributed by atoms with Gasteiger partial charge in [-0.25, -0.2) is 0 Å². The van der Waals surface area contributed by atoms with E-state index in [0.717, 1.165) is 17.2 Å². The molecule has 0 atom stereocenters. The van der Waals surface area contributed by atoms with Crippen molar-refractivity contribution in [1.29, 1.82) is 0 Å². The minimum absolute atomic E-state index is 0.161. The van der Waals surface area contributed by atoms with E-state index in [1.165, 1.54) is 37.7 Å². The molecule has 4 heteroatoms. The van der Waals surface area contributed by atoms with Gasteiger partial charge in [-0.15, -0.1) is 10.2 Å². The molecule has 0 aliphatic heterocycles. The van der Waals surface area contributed by atoms with Gasteiger partial charge >= 0.3 is 0 Å². The Morgan fingerprint density at radius 1 is 1.04 bits per heavy atom. The molecule has 1 aliphatic rings. The van der Waals surface area contributed by atoms with Gasteiger partial charge in [-0.05, 0) is 41.9 Å². The molecule has 0 amide bonds. The number of thioether (sulfide) groups is 1. The zero-order valence-corrected chi connectivity index (χ0v) is 15.2. The number of hydrogen-bond acceptors (Lipinski definition) is 4. The van der Waals surface area contributed by atoms with Gasteiger partial charge in [0.25, 0.3) is 5.22 Å². The van der Waals surface area contributed by atoms with Crippen LogP contribution in [0.25, 0.3) is 11.5 Å². The third-order valence-electron chi connectivity index (χ3n) is 4.57. The van der Waals surface area contributed by atoms with Gasteiger partial charge in [0.05, 0.1) is 0 Å². The van der Waals surface area contributed by atoms with Crippen molar-refractivity contribution in [2.45, 2.75) is 63.5 Å². The highest BCUT2D eigenvalue weighted by Crippen LogP contribution is 2.31. The summed E-state index contributed by atoms with van der Waals surface area (Å²) in [6.45, 7) is 6.65. The number of nitrogens with zero attached hydrogens (tertiary/aromatic N) is 2. The summed E-state index contributed by atoms with van der Waals surface area (Å²) < 4.78 is 5.83. The molecular weight excluding hydrogens is 304 g/mol. The molecule has 3 nitrogen and oxygen atoms in total. The lowest BCUT2D eigenvalue weighted by Crippen LogP contribution is -2.10. The molecule has 1 heterocycles. The minimum Gasteiger partial charge on any atom is -0.411 e. The number of aromatic nitrogens is 2. The second-order valence-corrected chi connectivity index (χ2v) is 8.49. The zero-order valence-electron chi connectivity index (χ0n) is 14.3. The van der Waals surface area contributed by atoms with Gasteiger partial charge in [-0.3, -0.25) is 0 Å². The Kier molecular flexibility index (Phi) is 5.10. The van der Waals surface area contributed by atoms with Crippen LogP contribution in [0.4, 0.5) is 0 Å². The van der Waals surface area contributed by atoms with Crippen molar-refractivity contribution < 1.29 is 4.42 Å². The van der Waals surface area contributed by atoms with Crippen LogP contribution in [0.15, 0.2) is 33.9 Å². The summed E-state index contributed by atoms with van der Waals surface area (Å²) in [5, 5.41) is 9.10. The molecule has 2 aromatic rings. The van der Waals surface area contributed by atoms with E-state index in [-0.39, 0.29) is 5.41 Å². The molecular formula is C19H26N2OS. The molecule has 0 N–H and O–H groups in total. The predicted octanol–water partition coefficient (Wildman–Crippen LogP) is 5.71. The average molecular weight is 330 g/mol. The van der Waals surface area contributed by atoms with Gasteiger partial charge in [-0.1, -0.05) is 63.9 Å². The van der Waals surface area contributed by atoms with E-state index in [0.29, 0.717) is 11.1 Å². The zero-order chi connectivity index (χ0) is 16.3. The van der Waals surface area contributed by atoms with Crippen LogP contribution in [-0.2, 0) is 5.41 Å². The third-order valence-corrected chi connectivity index (χ3v) is 5.62. The molecule has 0 unspecified atom stereocenters. The van der Waals surface area contributed by atoms with Crippen LogP contribution in [0, 0.1) is 5.92 Å². The number of benzene rings is 1. The standard InChI is InChI=1S/C19H26N2OS/c1-19(2,3)16-11-9-15(10-12-16)17-20-21-18(22-17)23-13-14-7-5-4-6-8-14/h9-12,14H,4-8,13H2,1-3H3. The molecule has 3 rings (SSSR count). The first-order chi connectivity index (χ1) is 11.0. The fraction of sp³-hybridized carbons (Fsp3) is 0.579. The first-order valence-electron chi connectivity index (χ1n) is 8.59. The largest absolute Gasteiger partial charge is 0.411 e. The highest BCUT2D eigenvalue weighted by molar-refractivity contribution is 7.99. The summed E-state index contributed by atoms with van der Waals surface area (Å²) in [4.78, 5) is 0. The first kappa shape index (κ1) is 16.6.